The van der Waals surface area contributed by atoms with Crippen molar-refractivity contribution in [3.8, 4) is 5.75 Å². The second-order valence-corrected chi connectivity index (χ2v) is 4.96. The van der Waals surface area contributed by atoms with Crippen LogP contribution in [0.1, 0.15) is 12.8 Å². The zero-order valence-corrected chi connectivity index (χ0v) is 11.1. The van der Waals surface area contributed by atoms with Gasteiger partial charge in [0, 0.05) is 32.0 Å². The molecule has 0 atom stereocenters. The van der Waals surface area contributed by atoms with Gasteiger partial charge in [-0.3, -0.25) is 0 Å². The monoisotopic (exact) mass is 288 g/mol. The summed E-state index contributed by atoms with van der Waals surface area (Å²) in [5, 5.41) is 11.6. The summed E-state index contributed by atoms with van der Waals surface area (Å²) in [5.41, 5.74) is 0. The molecule has 1 heterocycles. The molecule has 0 N–H and O–H groups in total. The van der Waals surface area contributed by atoms with Gasteiger partial charge in [0.15, 0.2) is 0 Å². The first kappa shape index (κ1) is 13.3. The molecule has 98 valence electrons. The summed E-state index contributed by atoms with van der Waals surface area (Å²) in [6, 6.07) is 5.09. The van der Waals surface area contributed by atoms with Gasteiger partial charge in [0.25, 0.3) is 0 Å². The van der Waals surface area contributed by atoms with Gasteiger partial charge >= 0.3 is 0 Å². The van der Waals surface area contributed by atoms with Crippen LogP contribution in [0.15, 0.2) is 18.2 Å². The predicted octanol–water partition coefficient (Wildman–Crippen LogP) is 2.18. The minimum Gasteiger partial charge on any atom is -0.530 e. The Hall–Kier alpha value is -1.13. The first-order valence-corrected chi connectivity index (χ1v) is 6.39. The summed E-state index contributed by atoms with van der Waals surface area (Å²) in [4.78, 5) is 11.9. The van der Waals surface area contributed by atoms with Crippen LogP contribution < -0.4 is 9.84 Å². The van der Waals surface area contributed by atoms with E-state index in [0.29, 0.717) is 41.7 Å². The van der Waals surface area contributed by atoms with Gasteiger partial charge < -0.3 is 19.5 Å². The van der Waals surface area contributed by atoms with Crippen molar-refractivity contribution in [2.45, 2.75) is 18.9 Å². The Morgan fingerprint density at radius 1 is 1.28 bits per heavy atom. The Morgan fingerprint density at radius 2 is 1.94 bits per heavy atom. The summed E-state index contributed by atoms with van der Waals surface area (Å²) in [6.07, 6.45) is 0.170. The first-order chi connectivity index (χ1) is 8.56. The molecule has 18 heavy (non-hydrogen) atoms. The molecular weight excluding hydrogens is 277 g/mol. The average Bonchev–Trinajstić information content (AvgIpc) is 2.34. The highest BCUT2D eigenvalue weighted by atomic mass is 35.5. The molecule has 1 aliphatic rings. The lowest BCUT2D eigenvalue weighted by molar-refractivity contribution is -0.266. The lowest BCUT2D eigenvalue weighted by Gasteiger charge is -2.33. The average molecular weight is 289 g/mol. The molecule has 2 rings (SSSR count). The maximum absolute atomic E-state index is 10.6. The summed E-state index contributed by atoms with van der Waals surface area (Å²) in [7, 11) is 0. The molecule has 1 amide bonds. The quantitative estimate of drug-likeness (QED) is 0.838. The number of rotatable bonds is 2. The summed E-state index contributed by atoms with van der Waals surface area (Å²) >= 11 is 11.7. The molecule has 0 unspecified atom stereocenters. The predicted molar refractivity (Wildman–Crippen MR) is 67.1 cm³/mol. The van der Waals surface area contributed by atoms with E-state index in [1.807, 2.05) is 0 Å². The maximum atomic E-state index is 10.6. The molecule has 0 aliphatic carbocycles. The van der Waals surface area contributed by atoms with E-state index in [4.69, 9.17) is 27.9 Å². The third kappa shape index (κ3) is 3.21. The number of carbonyl (C=O) groups is 1. The Morgan fingerprint density at radius 3 is 2.50 bits per heavy atom. The van der Waals surface area contributed by atoms with E-state index >= 15 is 0 Å². The SMILES string of the molecule is O=C([O-])N1CCC(Oc2ccc(Cl)c(Cl)c2)CC1. The van der Waals surface area contributed by atoms with Crippen LogP contribution in [-0.2, 0) is 0 Å². The van der Waals surface area contributed by atoms with Crippen LogP contribution >= 0.6 is 23.2 Å². The van der Waals surface area contributed by atoms with Gasteiger partial charge in [-0.05, 0) is 12.1 Å². The van der Waals surface area contributed by atoms with E-state index in [2.05, 4.69) is 0 Å². The summed E-state index contributed by atoms with van der Waals surface area (Å²) in [6.45, 7) is 0.878. The topological polar surface area (TPSA) is 52.6 Å². The van der Waals surface area contributed by atoms with Crippen molar-refractivity contribution in [1.29, 1.82) is 0 Å². The van der Waals surface area contributed by atoms with Crippen molar-refractivity contribution in [3.05, 3.63) is 28.2 Å². The fourth-order valence-electron chi connectivity index (χ4n) is 1.90. The number of nitrogens with zero attached hydrogens (tertiary/aromatic N) is 1. The van der Waals surface area contributed by atoms with E-state index in [1.54, 1.807) is 18.2 Å². The molecule has 6 heteroatoms. The number of likely N-dealkylation sites (tertiary alicyclic amines) is 1. The Balaban J connectivity index is 1.91. The van der Waals surface area contributed by atoms with Gasteiger partial charge in [-0.15, -0.1) is 0 Å². The largest absolute Gasteiger partial charge is 0.530 e. The van der Waals surface area contributed by atoms with E-state index in [-0.39, 0.29) is 6.10 Å². The van der Waals surface area contributed by atoms with Crippen LogP contribution in [-0.4, -0.2) is 30.2 Å². The van der Waals surface area contributed by atoms with Crippen LogP contribution in [0.2, 0.25) is 10.0 Å². The molecule has 4 nitrogen and oxygen atoms in total. The fraction of sp³-hybridized carbons (Fsp3) is 0.417. The van der Waals surface area contributed by atoms with Gasteiger partial charge in [-0.2, -0.15) is 0 Å². The summed E-state index contributed by atoms with van der Waals surface area (Å²) in [5.74, 6) is 0.649. The van der Waals surface area contributed by atoms with Crippen LogP contribution in [0.25, 0.3) is 0 Å². The van der Waals surface area contributed by atoms with Gasteiger partial charge in [-0.25, -0.2) is 0 Å². The molecule has 0 aromatic heterocycles. The number of carboxylic acid groups (broad SMARTS) is 1. The first-order valence-electron chi connectivity index (χ1n) is 5.64. The Kier molecular flexibility index (Phi) is 4.19. The van der Waals surface area contributed by atoms with Crippen LogP contribution in [0.5, 0.6) is 5.75 Å². The zero-order valence-electron chi connectivity index (χ0n) is 9.57. The molecule has 0 radical (unpaired) electrons. The van der Waals surface area contributed by atoms with E-state index < -0.39 is 6.09 Å². The lowest BCUT2D eigenvalue weighted by Crippen LogP contribution is -2.47. The van der Waals surface area contributed by atoms with Gasteiger partial charge in [-0.1, -0.05) is 23.2 Å². The van der Waals surface area contributed by atoms with E-state index in [1.165, 1.54) is 4.90 Å². The van der Waals surface area contributed by atoms with Crippen LogP contribution in [0.4, 0.5) is 4.79 Å². The third-order valence-electron chi connectivity index (χ3n) is 2.89. The van der Waals surface area contributed by atoms with E-state index in [9.17, 15) is 9.90 Å². The number of benzene rings is 1. The number of ether oxygens (including phenoxy) is 1. The lowest BCUT2D eigenvalue weighted by atomic mass is 10.1. The maximum Gasteiger partial charge on any atom is 0.136 e. The number of carbonyl (C=O) groups excluding carboxylic acids is 1. The van der Waals surface area contributed by atoms with Gasteiger partial charge in [0.05, 0.1) is 10.0 Å². The molecule has 1 saturated heterocycles. The van der Waals surface area contributed by atoms with Crippen molar-refractivity contribution in [3.63, 3.8) is 0 Å². The zero-order chi connectivity index (χ0) is 13.1. The number of halogens is 2. The smallest absolute Gasteiger partial charge is 0.136 e. The van der Waals surface area contributed by atoms with Crippen molar-refractivity contribution >= 4 is 29.3 Å². The molecule has 1 aliphatic heterocycles. The standard InChI is InChI=1S/C12H13Cl2NO3/c13-10-2-1-9(7-11(10)14)18-8-3-5-15(6-4-8)12(16)17/h1-2,7-8H,3-6H2,(H,16,17)/p-1. The van der Waals surface area contributed by atoms with Crippen molar-refractivity contribution < 1.29 is 14.6 Å². The van der Waals surface area contributed by atoms with Gasteiger partial charge in [0.1, 0.15) is 17.9 Å². The molecule has 1 aromatic rings. The van der Waals surface area contributed by atoms with Crippen molar-refractivity contribution in [2.75, 3.05) is 13.1 Å². The van der Waals surface area contributed by atoms with E-state index in [0.717, 1.165) is 0 Å². The minimum absolute atomic E-state index is 0.00200. The fourth-order valence-corrected chi connectivity index (χ4v) is 2.19. The second-order valence-electron chi connectivity index (χ2n) is 4.15. The highest BCUT2D eigenvalue weighted by Crippen LogP contribution is 2.28. The molecular formula is C12H12Cl2NO3-. The Labute approximate surface area is 115 Å². The minimum atomic E-state index is -1.12. The van der Waals surface area contributed by atoms with Crippen LogP contribution in [0.3, 0.4) is 0 Å². The van der Waals surface area contributed by atoms with Crippen molar-refractivity contribution in [1.82, 2.24) is 4.90 Å². The number of hydrogen-bond donors (Lipinski definition) is 0. The van der Waals surface area contributed by atoms with Gasteiger partial charge in [0.2, 0.25) is 0 Å². The normalized spacial score (nSPS) is 16.7. The molecule has 1 fully saturated rings. The summed E-state index contributed by atoms with van der Waals surface area (Å²) < 4.78 is 5.74. The highest BCUT2D eigenvalue weighted by molar-refractivity contribution is 6.42. The third-order valence-corrected chi connectivity index (χ3v) is 3.63. The molecule has 0 spiro atoms. The highest BCUT2D eigenvalue weighted by Gasteiger charge is 2.20. The van der Waals surface area contributed by atoms with Crippen molar-refractivity contribution in [2.24, 2.45) is 0 Å². The second kappa shape index (κ2) is 5.67. The molecule has 1 aromatic carbocycles. The number of hydrogen-bond acceptors (Lipinski definition) is 3. The number of piperidine rings is 1. The Bertz CT molecular complexity index is 445. The molecule has 0 bridgehead atoms. The van der Waals surface area contributed by atoms with Crippen LogP contribution in [0, 0.1) is 0 Å². The number of amides is 1. The molecule has 0 saturated carbocycles.